The first-order valence-electron chi connectivity index (χ1n) is 13.8. The third-order valence-electron chi connectivity index (χ3n) is 10.0. The van der Waals surface area contributed by atoms with Crippen LogP contribution < -0.4 is 11.1 Å². The molecular formula is C32H39N3O3. The fraction of sp³-hybridized carbons (Fsp3) is 0.469. The molecular weight excluding hydrogens is 474 g/mol. The molecule has 1 aromatic carbocycles. The molecule has 5 atom stereocenters. The van der Waals surface area contributed by atoms with Gasteiger partial charge in [0.25, 0.3) is 0 Å². The summed E-state index contributed by atoms with van der Waals surface area (Å²) in [5.74, 6) is -0.164. The number of allylic oxidation sites excluding steroid dienone is 5. The number of hydrogen-bond donors (Lipinski definition) is 3. The van der Waals surface area contributed by atoms with Crippen LogP contribution in [0.4, 0.5) is 0 Å². The lowest BCUT2D eigenvalue weighted by Gasteiger charge is -2.58. The Bertz CT molecular complexity index is 1400. The minimum absolute atomic E-state index is 0.0291. The number of ketones is 2. The Balaban J connectivity index is 1.31. The van der Waals surface area contributed by atoms with Gasteiger partial charge in [-0.2, -0.15) is 0 Å². The monoisotopic (exact) mass is 513 g/mol. The topological polar surface area (TPSA) is 105 Å². The number of H-pyrrole nitrogens is 1. The lowest BCUT2D eigenvalue weighted by molar-refractivity contribution is -0.123. The van der Waals surface area contributed by atoms with Crippen molar-refractivity contribution in [3.05, 3.63) is 71.1 Å². The third-order valence-corrected chi connectivity index (χ3v) is 10.0. The molecule has 1 heterocycles. The van der Waals surface area contributed by atoms with Crippen molar-refractivity contribution in [1.29, 1.82) is 0 Å². The van der Waals surface area contributed by atoms with E-state index >= 15 is 0 Å². The quantitative estimate of drug-likeness (QED) is 0.360. The normalized spacial score (nSPS) is 30.3. The van der Waals surface area contributed by atoms with Crippen molar-refractivity contribution in [2.45, 2.75) is 72.3 Å². The standard InChI is InChI=1S/C32H39N3O3/c1-19-8-7-11-28-31(19,3)13-12-20(2)32(28,4)17-21-14-23(36)16-27(29(21)37)35-30(38)25(33)15-22-18-34-26-10-6-5-9-24(22)26/h5-6,8-10,14,16,18,20,25,28,34H,7,11-13,15,17,33H2,1-4H3,(H,35,38)/t20-,25-,28+,31+,32+/m0/s1. The maximum absolute atomic E-state index is 13.6. The second-order valence-corrected chi connectivity index (χ2v) is 12.2. The van der Waals surface area contributed by atoms with E-state index in [4.69, 9.17) is 5.73 Å². The van der Waals surface area contributed by atoms with Crippen LogP contribution in [-0.2, 0) is 20.8 Å². The van der Waals surface area contributed by atoms with E-state index in [0.717, 1.165) is 42.1 Å². The first-order valence-corrected chi connectivity index (χ1v) is 13.8. The molecule has 0 saturated heterocycles. The van der Waals surface area contributed by atoms with Gasteiger partial charge in [-0.25, -0.2) is 0 Å². The van der Waals surface area contributed by atoms with E-state index in [0.29, 0.717) is 30.3 Å². The zero-order chi connectivity index (χ0) is 27.2. The summed E-state index contributed by atoms with van der Waals surface area (Å²) in [7, 11) is 0. The van der Waals surface area contributed by atoms with Gasteiger partial charge in [-0.05, 0) is 85.8 Å². The van der Waals surface area contributed by atoms with Crippen molar-refractivity contribution in [2.75, 3.05) is 0 Å². The fourth-order valence-corrected chi connectivity index (χ4v) is 7.36. The van der Waals surface area contributed by atoms with Crippen LogP contribution in [0.1, 0.15) is 65.4 Å². The van der Waals surface area contributed by atoms with E-state index in [1.165, 1.54) is 17.7 Å². The molecule has 4 N–H and O–H groups in total. The van der Waals surface area contributed by atoms with Crippen molar-refractivity contribution in [3.63, 3.8) is 0 Å². The smallest absolute Gasteiger partial charge is 0.241 e. The zero-order valence-corrected chi connectivity index (χ0v) is 22.9. The molecule has 0 radical (unpaired) electrons. The van der Waals surface area contributed by atoms with Crippen LogP contribution in [0, 0.1) is 22.7 Å². The van der Waals surface area contributed by atoms with Crippen LogP contribution >= 0.6 is 0 Å². The Morgan fingerprint density at radius 2 is 1.95 bits per heavy atom. The molecule has 1 aromatic heterocycles. The summed E-state index contributed by atoms with van der Waals surface area (Å²) in [6.07, 6.45) is 12.2. The highest BCUT2D eigenvalue weighted by Gasteiger charge is 2.53. The first kappa shape index (κ1) is 26.4. The number of amides is 1. The number of nitrogens with one attached hydrogen (secondary N) is 2. The summed E-state index contributed by atoms with van der Waals surface area (Å²) < 4.78 is 0. The van der Waals surface area contributed by atoms with Crippen molar-refractivity contribution in [1.82, 2.24) is 10.3 Å². The molecule has 6 nitrogen and oxygen atoms in total. The second kappa shape index (κ2) is 9.81. The van der Waals surface area contributed by atoms with Crippen molar-refractivity contribution >= 4 is 28.4 Å². The summed E-state index contributed by atoms with van der Waals surface area (Å²) in [6, 6.07) is 6.98. The van der Waals surface area contributed by atoms with Crippen LogP contribution in [0.2, 0.25) is 0 Å². The van der Waals surface area contributed by atoms with E-state index in [2.05, 4.69) is 44.1 Å². The number of benzene rings is 1. The Morgan fingerprint density at radius 1 is 1.18 bits per heavy atom. The van der Waals surface area contributed by atoms with Gasteiger partial charge in [-0.1, -0.05) is 50.6 Å². The van der Waals surface area contributed by atoms with E-state index in [-0.39, 0.29) is 28.1 Å². The van der Waals surface area contributed by atoms with Crippen molar-refractivity contribution in [3.8, 4) is 0 Å². The van der Waals surface area contributed by atoms with Crippen LogP contribution in [0.3, 0.4) is 0 Å². The summed E-state index contributed by atoms with van der Waals surface area (Å²) >= 11 is 0. The summed E-state index contributed by atoms with van der Waals surface area (Å²) in [5.41, 5.74) is 10.1. The third kappa shape index (κ3) is 4.49. The Kier molecular flexibility index (Phi) is 6.80. The molecule has 0 unspecified atom stereocenters. The van der Waals surface area contributed by atoms with Crippen LogP contribution in [0.25, 0.3) is 10.9 Å². The van der Waals surface area contributed by atoms with Gasteiger partial charge in [0.2, 0.25) is 11.7 Å². The molecule has 6 heteroatoms. The number of aromatic amines is 1. The average molecular weight is 514 g/mol. The number of Topliss-reactive ketones (excluding diaryl/α,β-unsaturated/α-hetero) is 1. The van der Waals surface area contributed by atoms with Crippen molar-refractivity contribution in [2.24, 2.45) is 28.4 Å². The zero-order valence-electron chi connectivity index (χ0n) is 22.9. The number of hydrogen-bond acceptors (Lipinski definition) is 4. The first-order chi connectivity index (χ1) is 18.0. The molecule has 38 heavy (non-hydrogen) atoms. The van der Waals surface area contributed by atoms with Gasteiger partial charge in [0.05, 0.1) is 11.7 Å². The average Bonchev–Trinajstić information content (AvgIpc) is 3.29. The predicted octanol–water partition coefficient (Wildman–Crippen LogP) is 5.30. The number of aromatic nitrogens is 1. The highest BCUT2D eigenvalue weighted by molar-refractivity contribution is 6.21. The largest absolute Gasteiger partial charge is 0.361 e. The van der Waals surface area contributed by atoms with Gasteiger partial charge in [-0.3, -0.25) is 14.4 Å². The molecule has 1 amide bonds. The summed E-state index contributed by atoms with van der Waals surface area (Å²) in [4.78, 5) is 42.5. The molecule has 0 bridgehead atoms. The van der Waals surface area contributed by atoms with Gasteiger partial charge in [-0.15, -0.1) is 0 Å². The Labute approximate surface area is 224 Å². The Morgan fingerprint density at radius 3 is 2.74 bits per heavy atom. The van der Waals surface area contributed by atoms with Crippen LogP contribution in [0.5, 0.6) is 0 Å². The molecule has 2 aromatic rings. The maximum atomic E-state index is 13.6. The van der Waals surface area contributed by atoms with Crippen LogP contribution in [-0.4, -0.2) is 28.5 Å². The highest BCUT2D eigenvalue weighted by Crippen LogP contribution is 2.62. The lowest BCUT2D eigenvalue weighted by Crippen LogP contribution is -2.50. The number of carbonyl (C=O) groups is 3. The fourth-order valence-electron chi connectivity index (χ4n) is 7.36. The predicted molar refractivity (Wildman–Crippen MR) is 150 cm³/mol. The van der Waals surface area contributed by atoms with Crippen LogP contribution in [0.15, 0.2) is 65.5 Å². The number of nitrogens with two attached hydrogens (primary N) is 1. The molecule has 5 rings (SSSR count). The van der Waals surface area contributed by atoms with E-state index in [1.54, 1.807) is 0 Å². The molecule has 0 spiro atoms. The van der Waals surface area contributed by atoms with Gasteiger partial charge >= 0.3 is 0 Å². The van der Waals surface area contributed by atoms with Gasteiger partial charge in [0.15, 0.2) is 5.78 Å². The molecule has 200 valence electrons. The maximum Gasteiger partial charge on any atom is 0.241 e. The SMILES string of the molecule is CC1=CCC[C@H]2[C@](C)(CC3=CC(=O)C=C(NC(=O)[C@@H](N)Cc4c[nH]c5ccccc45)C3=O)[C@@H](C)CC[C@]12C. The van der Waals surface area contributed by atoms with E-state index in [9.17, 15) is 14.4 Å². The molecule has 0 aliphatic heterocycles. The molecule has 1 fully saturated rings. The van der Waals surface area contributed by atoms with Gasteiger partial charge in [0.1, 0.15) is 0 Å². The van der Waals surface area contributed by atoms with E-state index < -0.39 is 11.9 Å². The summed E-state index contributed by atoms with van der Waals surface area (Å²) in [5, 5.41) is 3.70. The van der Waals surface area contributed by atoms with Gasteiger partial charge in [0, 0.05) is 28.7 Å². The van der Waals surface area contributed by atoms with Crippen molar-refractivity contribution < 1.29 is 14.4 Å². The second-order valence-electron chi connectivity index (χ2n) is 12.2. The number of fused-ring (bicyclic) bond motifs is 2. The highest BCUT2D eigenvalue weighted by atomic mass is 16.2. The summed E-state index contributed by atoms with van der Waals surface area (Å²) in [6.45, 7) is 9.19. The molecule has 1 saturated carbocycles. The number of rotatable bonds is 6. The minimum atomic E-state index is -0.860. The van der Waals surface area contributed by atoms with Gasteiger partial charge < -0.3 is 16.0 Å². The number of para-hydroxylation sites is 1. The Hall–Kier alpha value is -3.25. The lowest BCUT2D eigenvalue weighted by atomic mass is 9.46. The minimum Gasteiger partial charge on any atom is -0.361 e. The number of carbonyl (C=O) groups excluding carboxylic acids is 3. The molecule has 3 aliphatic carbocycles. The van der Waals surface area contributed by atoms with E-state index in [1.807, 2.05) is 30.5 Å². The molecule has 3 aliphatic rings.